The Morgan fingerprint density at radius 3 is 2.56 bits per heavy atom. The molecule has 0 unspecified atom stereocenters. The smallest absolute Gasteiger partial charge is 0.225 e. The summed E-state index contributed by atoms with van der Waals surface area (Å²) >= 11 is 0. The SMILES string of the molecule is CC(C)(C)c1cc(NC(=O)C[C@@H]2CCC[C@H]2N)n(Cc2ccccc2)n1.Cl. The molecule has 0 aliphatic heterocycles. The molecule has 1 aromatic carbocycles. The number of carbonyl (C=O) groups is 1. The standard InChI is InChI=1S/C21H30N4O.ClH/c1-21(2,3)18-13-19(23-20(26)12-16-10-7-11-17(16)22)25(24-18)14-15-8-5-4-6-9-15;/h4-6,8-9,13,16-17H,7,10-12,14,22H2,1-3H3,(H,23,26);1H/t16-,17+;/m0./s1. The minimum absolute atomic E-state index is 0. The summed E-state index contributed by atoms with van der Waals surface area (Å²) in [6.45, 7) is 7.03. The van der Waals surface area contributed by atoms with Gasteiger partial charge in [-0.05, 0) is 24.3 Å². The maximum atomic E-state index is 12.6. The molecular formula is C21H31ClN4O. The largest absolute Gasteiger partial charge is 0.327 e. The summed E-state index contributed by atoms with van der Waals surface area (Å²) in [4.78, 5) is 12.6. The third kappa shape index (κ3) is 5.56. The monoisotopic (exact) mass is 390 g/mol. The summed E-state index contributed by atoms with van der Waals surface area (Å²) in [6, 6.07) is 12.3. The number of hydrogen-bond acceptors (Lipinski definition) is 3. The van der Waals surface area contributed by atoms with E-state index >= 15 is 0 Å². The molecule has 1 fully saturated rings. The van der Waals surface area contributed by atoms with Gasteiger partial charge in [0.15, 0.2) is 0 Å². The van der Waals surface area contributed by atoms with E-state index in [9.17, 15) is 4.79 Å². The van der Waals surface area contributed by atoms with Crippen molar-refractivity contribution in [2.45, 2.75) is 64.5 Å². The topological polar surface area (TPSA) is 72.9 Å². The van der Waals surface area contributed by atoms with Crippen LogP contribution in [0.1, 0.15) is 57.7 Å². The summed E-state index contributed by atoms with van der Waals surface area (Å²) < 4.78 is 1.89. The normalized spacial score (nSPS) is 19.6. The molecule has 6 heteroatoms. The zero-order chi connectivity index (χ0) is 18.7. The van der Waals surface area contributed by atoms with Gasteiger partial charge in [0.2, 0.25) is 5.91 Å². The summed E-state index contributed by atoms with van der Waals surface area (Å²) in [7, 11) is 0. The van der Waals surface area contributed by atoms with Crippen LogP contribution in [0.5, 0.6) is 0 Å². The van der Waals surface area contributed by atoms with Gasteiger partial charge in [-0.3, -0.25) is 4.79 Å². The van der Waals surface area contributed by atoms with Gasteiger partial charge in [-0.15, -0.1) is 12.4 Å². The first kappa shape index (κ1) is 21.5. The molecule has 0 saturated heterocycles. The molecule has 2 atom stereocenters. The molecule has 1 heterocycles. The second-order valence-corrected chi connectivity index (χ2v) is 8.42. The van der Waals surface area contributed by atoms with Crippen molar-refractivity contribution in [1.82, 2.24) is 9.78 Å². The Kier molecular flexibility index (Phi) is 7.06. The van der Waals surface area contributed by atoms with E-state index in [4.69, 9.17) is 10.8 Å². The Bertz CT molecular complexity index is 751. The molecule has 27 heavy (non-hydrogen) atoms. The second kappa shape index (κ2) is 8.89. The predicted octanol–water partition coefficient (Wildman–Crippen LogP) is 4.11. The maximum Gasteiger partial charge on any atom is 0.225 e. The van der Waals surface area contributed by atoms with Crippen molar-refractivity contribution in [3.8, 4) is 0 Å². The molecular weight excluding hydrogens is 360 g/mol. The Labute approximate surface area is 168 Å². The van der Waals surface area contributed by atoms with Crippen molar-refractivity contribution in [3.05, 3.63) is 47.7 Å². The average Bonchev–Trinajstić information content (AvgIpc) is 3.15. The van der Waals surface area contributed by atoms with Gasteiger partial charge in [0.05, 0.1) is 12.2 Å². The van der Waals surface area contributed by atoms with E-state index < -0.39 is 0 Å². The first-order valence-corrected chi connectivity index (χ1v) is 9.50. The van der Waals surface area contributed by atoms with Crippen molar-refractivity contribution < 1.29 is 4.79 Å². The lowest BCUT2D eigenvalue weighted by molar-refractivity contribution is -0.117. The number of anilines is 1. The fraction of sp³-hybridized carbons (Fsp3) is 0.524. The number of halogens is 1. The van der Waals surface area contributed by atoms with Gasteiger partial charge in [0.1, 0.15) is 5.82 Å². The first-order valence-electron chi connectivity index (χ1n) is 9.50. The summed E-state index contributed by atoms with van der Waals surface area (Å²) in [5, 5.41) is 7.83. The fourth-order valence-corrected chi connectivity index (χ4v) is 3.51. The number of aromatic nitrogens is 2. The molecule has 3 rings (SSSR count). The van der Waals surface area contributed by atoms with Gasteiger partial charge in [-0.1, -0.05) is 57.5 Å². The second-order valence-electron chi connectivity index (χ2n) is 8.42. The van der Waals surface area contributed by atoms with Gasteiger partial charge < -0.3 is 11.1 Å². The van der Waals surface area contributed by atoms with Gasteiger partial charge in [-0.2, -0.15) is 5.10 Å². The van der Waals surface area contributed by atoms with Crippen LogP contribution < -0.4 is 11.1 Å². The number of nitrogens with one attached hydrogen (secondary N) is 1. The highest BCUT2D eigenvalue weighted by molar-refractivity contribution is 5.90. The molecule has 5 nitrogen and oxygen atoms in total. The molecule has 148 valence electrons. The molecule has 1 aliphatic rings. The Morgan fingerprint density at radius 1 is 1.26 bits per heavy atom. The Balaban J connectivity index is 0.00000261. The number of carbonyl (C=O) groups excluding carboxylic acids is 1. The summed E-state index contributed by atoms with van der Waals surface area (Å²) in [6.07, 6.45) is 3.69. The lowest BCUT2D eigenvalue weighted by Crippen LogP contribution is -2.28. The van der Waals surface area contributed by atoms with E-state index in [0.29, 0.717) is 18.9 Å². The molecule has 0 radical (unpaired) electrons. The van der Waals surface area contributed by atoms with Crippen LogP contribution in [0.2, 0.25) is 0 Å². The van der Waals surface area contributed by atoms with Gasteiger partial charge in [-0.25, -0.2) is 4.68 Å². The molecule has 1 aliphatic carbocycles. The van der Waals surface area contributed by atoms with Crippen LogP contribution >= 0.6 is 12.4 Å². The highest BCUT2D eigenvalue weighted by Gasteiger charge is 2.27. The highest BCUT2D eigenvalue weighted by Crippen LogP contribution is 2.28. The molecule has 2 aromatic rings. The Morgan fingerprint density at radius 2 is 1.96 bits per heavy atom. The van der Waals surface area contributed by atoms with Gasteiger partial charge in [0.25, 0.3) is 0 Å². The Hall–Kier alpha value is -1.85. The number of amides is 1. The average molecular weight is 391 g/mol. The summed E-state index contributed by atoms with van der Waals surface area (Å²) in [5.41, 5.74) is 8.17. The number of nitrogens with two attached hydrogens (primary N) is 1. The van der Waals surface area contributed by atoms with Crippen molar-refractivity contribution >= 4 is 24.1 Å². The number of nitrogens with zero attached hydrogens (tertiary/aromatic N) is 2. The van der Waals surface area contributed by atoms with E-state index in [0.717, 1.165) is 36.3 Å². The number of hydrogen-bond donors (Lipinski definition) is 2. The summed E-state index contributed by atoms with van der Waals surface area (Å²) in [5.74, 6) is 1.08. The first-order chi connectivity index (χ1) is 12.3. The number of rotatable bonds is 5. The van der Waals surface area contributed by atoms with Gasteiger partial charge >= 0.3 is 0 Å². The fourth-order valence-electron chi connectivity index (χ4n) is 3.51. The van der Waals surface area contributed by atoms with Crippen molar-refractivity contribution in [2.75, 3.05) is 5.32 Å². The zero-order valence-electron chi connectivity index (χ0n) is 16.4. The van der Waals surface area contributed by atoms with E-state index in [1.54, 1.807) is 0 Å². The molecule has 3 N–H and O–H groups in total. The molecule has 1 saturated carbocycles. The minimum atomic E-state index is -0.0742. The predicted molar refractivity (Wildman–Crippen MR) is 112 cm³/mol. The van der Waals surface area contributed by atoms with Crippen LogP contribution in [0.25, 0.3) is 0 Å². The van der Waals surface area contributed by atoms with E-state index in [-0.39, 0.29) is 29.8 Å². The molecule has 1 aromatic heterocycles. The van der Waals surface area contributed by atoms with E-state index in [2.05, 4.69) is 38.2 Å². The van der Waals surface area contributed by atoms with E-state index in [1.807, 2.05) is 28.9 Å². The third-order valence-corrected chi connectivity index (χ3v) is 5.16. The van der Waals surface area contributed by atoms with Gasteiger partial charge in [0, 0.05) is 23.9 Å². The van der Waals surface area contributed by atoms with Crippen molar-refractivity contribution in [2.24, 2.45) is 11.7 Å². The van der Waals surface area contributed by atoms with Crippen LogP contribution in [0.3, 0.4) is 0 Å². The van der Waals surface area contributed by atoms with E-state index in [1.165, 1.54) is 0 Å². The molecule has 1 amide bonds. The van der Waals surface area contributed by atoms with Crippen LogP contribution in [-0.2, 0) is 16.8 Å². The molecule has 0 bridgehead atoms. The minimum Gasteiger partial charge on any atom is -0.327 e. The quantitative estimate of drug-likeness (QED) is 0.806. The maximum absolute atomic E-state index is 12.6. The van der Waals surface area contributed by atoms with Crippen LogP contribution in [0.4, 0.5) is 5.82 Å². The van der Waals surface area contributed by atoms with Crippen LogP contribution in [0, 0.1) is 5.92 Å². The zero-order valence-corrected chi connectivity index (χ0v) is 17.3. The molecule has 0 spiro atoms. The lowest BCUT2D eigenvalue weighted by Gasteiger charge is -2.15. The lowest BCUT2D eigenvalue weighted by atomic mass is 9.92. The third-order valence-electron chi connectivity index (χ3n) is 5.16. The van der Waals surface area contributed by atoms with Crippen LogP contribution in [-0.4, -0.2) is 21.7 Å². The van der Waals surface area contributed by atoms with Crippen LogP contribution in [0.15, 0.2) is 36.4 Å². The van der Waals surface area contributed by atoms with Crippen molar-refractivity contribution in [1.29, 1.82) is 0 Å². The highest BCUT2D eigenvalue weighted by atomic mass is 35.5. The van der Waals surface area contributed by atoms with Crippen molar-refractivity contribution in [3.63, 3.8) is 0 Å². The number of benzene rings is 1.